The van der Waals surface area contributed by atoms with Crippen molar-refractivity contribution in [3.63, 3.8) is 0 Å². The zero-order valence-electron chi connectivity index (χ0n) is 14.5. The average Bonchev–Trinajstić information content (AvgIpc) is 3.14. The van der Waals surface area contributed by atoms with Crippen LogP contribution in [0.3, 0.4) is 0 Å². The number of aromatic amines is 2. The van der Waals surface area contributed by atoms with Crippen molar-refractivity contribution in [2.75, 3.05) is 6.61 Å². The van der Waals surface area contributed by atoms with Gasteiger partial charge in [0.25, 0.3) is 5.56 Å². The molecule has 6 nitrogen and oxygen atoms in total. The molecule has 0 fully saturated rings. The molecule has 0 aliphatic rings. The fourth-order valence-corrected chi connectivity index (χ4v) is 3.20. The monoisotopic (exact) mass is 357 g/mol. The molecule has 2 aromatic carbocycles. The van der Waals surface area contributed by atoms with Crippen LogP contribution in [0.25, 0.3) is 37.8 Å². The van der Waals surface area contributed by atoms with E-state index in [-0.39, 0.29) is 12.2 Å². The number of pyridine rings is 1. The highest BCUT2D eigenvalue weighted by Gasteiger charge is 2.18. The third-order valence-corrected chi connectivity index (χ3v) is 4.47. The van der Waals surface area contributed by atoms with E-state index in [1.165, 1.54) is 6.20 Å². The van der Waals surface area contributed by atoms with Crippen molar-refractivity contribution in [3.05, 3.63) is 76.0 Å². The number of ether oxygens (including phenoxy) is 1. The van der Waals surface area contributed by atoms with Gasteiger partial charge in [-0.1, -0.05) is 30.3 Å². The van der Waals surface area contributed by atoms with Crippen LogP contribution >= 0.6 is 0 Å². The normalized spacial score (nSPS) is 10.8. The second kappa shape index (κ2) is 6.46. The number of H-pyrrole nitrogens is 2. The summed E-state index contributed by atoms with van der Waals surface area (Å²) >= 11 is 0. The molecule has 0 radical (unpaired) electrons. The summed E-state index contributed by atoms with van der Waals surface area (Å²) in [6, 6.07) is 12.9. The molecule has 0 amide bonds. The number of nitrogens with one attached hydrogen (secondary N) is 2. The lowest BCUT2D eigenvalue weighted by Gasteiger charge is -2.07. The van der Waals surface area contributed by atoms with Crippen molar-refractivity contribution in [2.45, 2.75) is 6.92 Å². The topological polar surface area (TPSA) is 79.3 Å². The Morgan fingerprint density at radius 2 is 1.89 bits per heavy atom. The summed E-state index contributed by atoms with van der Waals surface area (Å²) in [6.07, 6.45) is 1.51. The summed E-state index contributed by atoms with van der Waals surface area (Å²) < 4.78 is 5.12. The average molecular weight is 357 g/mol. The molecule has 2 heterocycles. The molecule has 0 spiro atoms. The van der Waals surface area contributed by atoms with Crippen LogP contribution < -0.4 is 5.56 Å². The van der Waals surface area contributed by atoms with Gasteiger partial charge in [0.05, 0.1) is 18.7 Å². The zero-order valence-corrected chi connectivity index (χ0v) is 14.5. The molecule has 0 saturated carbocycles. The van der Waals surface area contributed by atoms with Crippen LogP contribution in [0.15, 0.2) is 53.5 Å². The molecule has 132 valence electrons. The first-order valence-corrected chi connectivity index (χ1v) is 8.44. The van der Waals surface area contributed by atoms with E-state index < -0.39 is 5.97 Å². The Hall–Kier alpha value is -3.85. The van der Waals surface area contributed by atoms with Crippen molar-refractivity contribution in [2.24, 2.45) is 0 Å². The summed E-state index contributed by atoms with van der Waals surface area (Å²) in [5.41, 5.74) is 3.46. The molecule has 4 rings (SSSR count). The van der Waals surface area contributed by atoms with E-state index in [1.807, 2.05) is 30.3 Å². The molecule has 0 unspecified atom stereocenters. The van der Waals surface area contributed by atoms with Crippen LogP contribution in [0, 0.1) is 6.57 Å². The second-order valence-corrected chi connectivity index (χ2v) is 6.05. The minimum atomic E-state index is -0.470. The molecule has 2 N–H and O–H groups in total. The van der Waals surface area contributed by atoms with Gasteiger partial charge in [-0.25, -0.2) is 9.64 Å². The highest BCUT2D eigenvalue weighted by Crippen LogP contribution is 2.30. The molecule has 4 aromatic rings. The zero-order chi connectivity index (χ0) is 19.0. The third-order valence-electron chi connectivity index (χ3n) is 4.47. The maximum Gasteiger partial charge on any atom is 0.340 e. The van der Waals surface area contributed by atoms with Gasteiger partial charge in [-0.05, 0) is 30.2 Å². The number of fused-ring (bicyclic) bond motifs is 3. The molecule has 0 saturated heterocycles. The predicted molar refractivity (Wildman–Crippen MR) is 104 cm³/mol. The highest BCUT2D eigenvalue weighted by molar-refractivity contribution is 6.15. The first-order valence-electron chi connectivity index (χ1n) is 8.44. The number of esters is 1. The van der Waals surface area contributed by atoms with Crippen molar-refractivity contribution in [3.8, 4) is 11.1 Å². The fraction of sp³-hybridized carbons (Fsp3) is 0.0952. The minimum Gasteiger partial charge on any atom is -0.462 e. The molecular formula is C21H15N3O3. The molecule has 0 aliphatic carbocycles. The van der Waals surface area contributed by atoms with Gasteiger partial charge >= 0.3 is 5.97 Å². The van der Waals surface area contributed by atoms with E-state index >= 15 is 0 Å². The SMILES string of the molecule is [C-]#[N+]c1ccc(-c2ccc3[nH]c(=O)c4[nH]cc(C(=O)OCC)c4c3c2)cc1. The summed E-state index contributed by atoms with van der Waals surface area (Å²) in [6.45, 7) is 9.06. The fourth-order valence-electron chi connectivity index (χ4n) is 3.20. The second-order valence-electron chi connectivity index (χ2n) is 6.05. The number of aromatic nitrogens is 2. The Morgan fingerprint density at radius 3 is 2.59 bits per heavy atom. The number of rotatable bonds is 3. The Kier molecular flexibility index (Phi) is 3.98. The van der Waals surface area contributed by atoms with E-state index in [0.717, 1.165) is 16.5 Å². The van der Waals surface area contributed by atoms with E-state index in [0.29, 0.717) is 27.7 Å². The van der Waals surface area contributed by atoms with Crippen molar-refractivity contribution >= 4 is 33.5 Å². The van der Waals surface area contributed by atoms with E-state index in [4.69, 9.17) is 11.3 Å². The van der Waals surface area contributed by atoms with Gasteiger partial charge in [0, 0.05) is 22.5 Å². The van der Waals surface area contributed by atoms with Gasteiger partial charge in [-0.15, -0.1) is 0 Å². The van der Waals surface area contributed by atoms with Crippen LogP contribution in [0.2, 0.25) is 0 Å². The van der Waals surface area contributed by atoms with Gasteiger partial charge in [-0.2, -0.15) is 0 Å². The predicted octanol–water partition coefficient (Wildman–Crippen LogP) is 4.40. The summed E-state index contributed by atoms with van der Waals surface area (Å²) in [4.78, 5) is 33.8. The third kappa shape index (κ3) is 2.75. The van der Waals surface area contributed by atoms with Gasteiger partial charge in [0.1, 0.15) is 5.52 Å². The largest absolute Gasteiger partial charge is 0.462 e. The molecule has 0 bridgehead atoms. The maximum absolute atomic E-state index is 12.3. The number of carbonyl (C=O) groups is 1. The Labute approximate surface area is 154 Å². The number of hydrogen-bond donors (Lipinski definition) is 2. The number of benzene rings is 2. The van der Waals surface area contributed by atoms with Gasteiger partial charge in [0.2, 0.25) is 0 Å². The lowest BCUT2D eigenvalue weighted by atomic mass is 10.0. The maximum atomic E-state index is 12.3. The Morgan fingerprint density at radius 1 is 1.15 bits per heavy atom. The van der Waals surface area contributed by atoms with Crippen LogP contribution in [-0.2, 0) is 4.74 Å². The molecule has 2 aromatic heterocycles. The number of hydrogen-bond acceptors (Lipinski definition) is 3. The van der Waals surface area contributed by atoms with Crippen molar-refractivity contribution < 1.29 is 9.53 Å². The molecule has 0 aliphatic heterocycles. The van der Waals surface area contributed by atoms with Crippen LogP contribution in [0.5, 0.6) is 0 Å². The van der Waals surface area contributed by atoms with Gasteiger partial charge in [-0.3, -0.25) is 4.79 Å². The Bertz CT molecular complexity index is 1270. The summed E-state index contributed by atoms with van der Waals surface area (Å²) in [5.74, 6) is -0.470. The Balaban J connectivity index is 1.98. The molecule has 6 heteroatoms. The summed E-state index contributed by atoms with van der Waals surface area (Å²) in [5, 5.41) is 1.30. The van der Waals surface area contributed by atoms with E-state index in [1.54, 1.807) is 19.1 Å². The van der Waals surface area contributed by atoms with Crippen LogP contribution in [0.4, 0.5) is 5.69 Å². The van der Waals surface area contributed by atoms with Gasteiger partial charge < -0.3 is 14.7 Å². The van der Waals surface area contributed by atoms with Crippen molar-refractivity contribution in [1.29, 1.82) is 0 Å². The number of carbonyl (C=O) groups excluding carboxylic acids is 1. The van der Waals surface area contributed by atoms with Crippen LogP contribution in [0.1, 0.15) is 17.3 Å². The first-order chi connectivity index (χ1) is 13.1. The van der Waals surface area contributed by atoms with E-state index in [2.05, 4.69) is 14.8 Å². The lowest BCUT2D eigenvalue weighted by Crippen LogP contribution is -2.08. The first kappa shape index (κ1) is 16.6. The van der Waals surface area contributed by atoms with Crippen molar-refractivity contribution in [1.82, 2.24) is 9.97 Å². The molecule has 0 atom stereocenters. The lowest BCUT2D eigenvalue weighted by molar-refractivity contribution is 0.0529. The van der Waals surface area contributed by atoms with Crippen LogP contribution in [-0.4, -0.2) is 22.5 Å². The summed E-state index contributed by atoms with van der Waals surface area (Å²) in [7, 11) is 0. The quantitative estimate of drug-likeness (QED) is 0.421. The van der Waals surface area contributed by atoms with E-state index in [9.17, 15) is 9.59 Å². The molecular weight excluding hydrogens is 342 g/mol. The molecule has 27 heavy (non-hydrogen) atoms. The minimum absolute atomic E-state index is 0.255. The smallest absolute Gasteiger partial charge is 0.340 e. The number of nitrogens with zero attached hydrogens (tertiary/aromatic N) is 1. The van der Waals surface area contributed by atoms with Gasteiger partial charge in [0.15, 0.2) is 5.69 Å². The highest BCUT2D eigenvalue weighted by atomic mass is 16.5. The standard InChI is InChI=1S/C21H15N3O3/c1-3-27-21(26)16-11-23-19-18(16)15-10-13(6-9-17(15)24-20(19)25)12-4-7-14(22-2)8-5-12/h4-11,23H,3H2,1H3,(H,24,25).